The number of benzene rings is 1. The maximum atomic E-state index is 13.2. The van der Waals surface area contributed by atoms with Crippen LogP contribution in [0.3, 0.4) is 0 Å². The van der Waals surface area contributed by atoms with Crippen LogP contribution in [0.25, 0.3) is 16.8 Å². The predicted molar refractivity (Wildman–Crippen MR) is 150 cm³/mol. The Morgan fingerprint density at radius 2 is 1.95 bits per heavy atom. The second-order valence-corrected chi connectivity index (χ2v) is 11.9. The van der Waals surface area contributed by atoms with Crippen LogP contribution in [-0.2, 0) is 9.53 Å². The SMILES string of the molecule is Cc1nc(NC(=O)c2ccc(-c3nc([C@@H]4CCCN(C(=O)C5(C)COC5)C4)n4ccnc(N)c34)cc2)sc1C. The predicted octanol–water partition coefficient (Wildman–Crippen LogP) is 4.05. The molecule has 2 aliphatic heterocycles. The summed E-state index contributed by atoms with van der Waals surface area (Å²) < 4.78 is 7.33. The lowest BCUT2D eigenvalue weighted by Gasteiger charge is -2.42. The van der Waals surface area contributed by atoms with Crippen molar-refractivity contribution in [3.63, 3.8) is 0 Å². The van der Waals surface area contributed by atoms with Gasteiger partial charge in [-0.2, -0.15) is 0 Å². The Bertz CT molecular complexity index is 1550. The normalized spacial score (nSPS) is 18.6. The molecule has 2 aliphatic rings. The summed E-state index contributed by atoms with van der Waals surface area (Å²) in [6.45, 7) is 8.17. The molecule has 0 spiro atoms. The molecule has 1 atom stereocenters. The molecule has 3 aromatic heterocycles. The molecule has 0 saturated carbocycles. The third-order valence-electron chi connectivity index (χ3n) is 7.71. The lowest BCUT2D eigenvalue weighted by Crippen LogP contribution is -2.55. The summed E-state index contributed by atoms with van der Waals surface area (Å²) in [5.41, 5.74) is 9.62. The molecular formula is C28H31N7O3S. The number of piperidine rings is 1. The third kappa shape index (κ3) is 4.55. The second kappa shape index (κ2) is 9.73. The van der Waals surface area contributed by atoms with Gasteiger partial charge in [0.25, 0.3) is 5.91 Å². The van der Waals surface area contributed by atoms with Gasteiger partial charge in [0, 0.05) is 47.4 Å². The van der Waals surface area contributed by atoms with Gasteiger partial charge in [0.1, 0.15) is 22.9 Å². The summed E-state index contributed by atoms with van der Waals surface area (Å²) in [6.07, 6.45) is 5.37. The summed E-state index contributed by atoms with van der Waals surface area (Å²) in [5.74, 6) is 1.23. The first-order chi connectivity index (χ1) is 18.7. The van der Waals surface area contributed by atoms with E-state index in [9.17, 15) is 9.59 Å². The Hall–Kier alpha value is -3.83. The van der Waals surface area contributed by atoms with E-state index in [4.69, 9.17) is 15.5 Å². The second-order valence-electron chi connectivity index (χ2n) is 10.7. The molecule has 11 heteroatoms. The summed E-state index contributed by atoms with van der Waals surface area (Å²) in [7, 11) is 0. The molecule has 0 unspecified atom stereocenters. The average Bonchev–Trinajstić information content (AvgIpc) is 3.47. The Balaban J connectivity index is 1.28. The minimum Gasteiger partial charge on any atom is -0.382 e. The molecule has 3 N–H and O–H groups in total. The van der Waals surface area contributed by atoms with Crippen molar-refractivity contribution >= 4 is 39.6 Å². The van der Waals surface area contributed by atoms with Crippen LogP contribution in [0.15, 0.2) is 36.7 Å². The topological polar surface area (TPSA) is 128 Å². The van der Waals surface area contributed by atoms with Crippen molar-refractivity contribution in [3.05, 3.63) is 58.6 Å². The lowest BCUT2D eigenvalue weighted by molar-refractivity contribution is -0.169. The van der Waals surface area contributed by atoms with Gasteiger partial charge in [-0.25, -0.2) is 15.0 Å². The van der Waals surface area contributed by atoms with Crippen LogP contribution in [0.5, 0.6) is 0 Å². The monoisotopic (exact) mass is 545 g/mol. The molecule has 202 valence electrons. The van der Waals surface area contributed by atoms with Gasteiger partial charge in [-0.15, -0.1) is 11.3 Å². The van der Waals surface area contributed by atoms with Crippen molar-refractivity contribution in [1.29, 1.82) is 0 Å². The number of amides is 2. The Morgan fingerprint density at radius 3 is 2.62 bits per heavy atom. The zero-order valence-corrected chi connectivity index (χ0v) is 23.0. The van der Waals surface area contributed by atoms with E-state index < -0.39 is 5.41 Å². The highest BCUT2D eigenvalue weighted by atomic mass is 32.1. The number of hydrogen-bond donors (Lipinski definition) is 2. The number of carbonyl (C=O) groups excluding carboxylic acids is 2. The van der Waals surface area contributed by atoms with Gasteiger partial charge < -0.3 is 15.4 Å². The number of rotatable bonds is 5. The molecular weight excluding hydrogens is 514 g/mol. The van der Waals surface area contributed by atoms with Crippen LogP contribution in [0.4, 0.5) is 10.9 Å². The van der Waals surface area contributed by atoms with Crippen molar-refractivity contribution in [1.82, 2.24) is 24.3 Å². The smallest absolute Gasteiger partial charge is 0.257 e. The summed E-state index contributed by atoms with van der Waals surface area (Å²) in [4.78, 5) is 42.8. The molecule has 6 rings (SSSR count). The molecule has 2 saturated heterocycles. The zero-order valence-electron chi connectivity index (χ0n) is 22.2. The maximum Gasteiger partial charge on any atom is 0.257 e. The number of thiazole rings is 1. The van der Waals surface area contributed by atoms with Gasteiger partial charge in [-0.1, -0.05) is 12.1 Å². The largest absolute Gasteiger partial charge is 0.382 e. The number of anilines is 2. The zero-order chi connectivity index (χ0) is 27.3. The number of nitrogens with zero attached hydrogens (tertiary/aromatic N) is 5. The number of aryl methyl sites for hydroxylation is 2. The molecule has 0 bridgehead atoms. The van der Waals surface area contributed by atoms with E-state index in [2.05, 4.69) is 15.3 Å². The number of nitrogen functional groups attached to an aromatic ring is 1. The highest BCUT2D eigenvalue weighted by Gasteiger charge is 2.44. The Kier molecular flexibility index (Phi) is 6.35. The van der Waals surface area contributed by atoms with E-state index in [1.807, 2.05) is 48.4 Å². The third-order valence-corrected chi connectivity index (χ3v) is 8.70. The van der Waals surface area contributed by atoms with Crippen LogP contribution in [0.2, 0.25) is 0 Å². The van der Waals surface area contributed by atoms with Crippen molar-refractivity contribution < 1.29 is 14.3 Å². The summed E-state index contributed by atoms with van der Waals surface area (Å²) in [5, 5.41) is 3.46. The molecule has 10 nitrogen and oxygen atoms in total. The van der Waals surface area contributed by atoms with Gasteiger partial charge in [0.15, 0.2) is 5.13 Å². The summed E-state index contributed by atoms with van der Waals surface area (Å²) in [6, 6.07) is 7.30. The van der Waals surface area contributed by atoms with Crippen molar-refractivity contribution in [2.24, 2.45) is 5.41 Å². The van der Waals surface area contributed by atoms with E-state index in [0.717, 1.165) is 46.9 Å². The van der Waals surface area contributed by atoms with Gasteiger partial charge in [-0.05, 0) is 45.7 Å². The van der Waals surface area contributed by atoms with Crippen molar-refractivity contribution in [2.45, 2.75) is 39.5 Å². The molecule has 1 aromatic carbocycles. The molecule has 0 radical (unpaired) electrons. The first kappa shape index (κ1) is 25.4. The molecule has 2 amide bonds. The van der Waals surface area contributed by atoms with E-state index in [1.54, 1.807) is 18.3 Å². The van der Waals surface area contributed by atoms with E-state index in [0.29, 0.717) is 42.0 Å². The van der Waals surface area contributed by atoms with E-state index in [1.165, 1.54) is 11.3 Å². The maximum absolute atomic E-state index is 13.2. The van der Waals surface area contributed by atoms with Gasteiger partial charge in [0.05, 0.1) is 24.3 Å². The average molecular weight is 546 g/mol. The van der Waals surface area contributed by atoms with Crippen LogP contribution in [-0.4, -0.2) is 62.4 Å². The van der Waals surface area contributed by atoms with Gasteiger partial charge >= 0.3 is 0 Å². The molecule has 5 heterocycles. The minimum absolute atomic E-state index is 0.0607. The standard InChI is InChI=1S/C28H31N7O3S/c1-16-17(2)39-27(31-16)33-25(36)19-8-6-18(7-9-19)21-22-23(29)30-10-12-35(22)24(32-21)20-5-4-11-34(13-20)26(37)28(3)14-38-15-28/h6-10,12,20H,4-5,11,13-15H2,1-3H3,(H2,29,30)(H,31,33,36)/t20-/m1/s1. The first-order valence-corrected chi connectivity index (χ1v) is 13.9. The molecule has 39 heavy (non-hydrogen) atoms. The quantitative estimate of drug-likeness (QED) is 0.387. The fourth-order valence-corrected chi connectivity index (χ4v) is 6.15. The number of likely N-dealkylation sites (tertiary alicyclic amines) is 1. The summed E-state index contributed by atoms with van der Waals surface area (Å²) >= 11 is 1.46. The van der Waals surface area contributed by atoms with Gasteiger partial charge in [-0.3, -0.25) is 19.3 Å². The van der Waals surface area contributed by atoms with E-state index >= 15 is 0 Å². The number of imidazole rings is 1. The Labute approximate surface area is 230 Å². The van der Waals surface area contributed by atoms with Crippen LogP contribution < -0.4 is 11.1 Å². The minimum atomic E-state index is -0.429. The fraction of sp³-hybridized carbons (Fsp3) is 0.393. The van der Waals surface area contributed by atoms with E-state index in [-0.39, 0.29) is 17.7 Å². The highest BCUT2D eigenvalue weighted by molar-refractivity contribution is 7.15. The number of nitrogens with two attached hydrogens (primary N) is 1. The molecule has 2 fully saturated rings. The number of ether oxygens (including phenoxy) is 1. The molecule has 4 aromatic rings. The lowest BCUT2D eigenvalue weighted by atomic mass is 9.85. The number of hydrogen-bond acceptors (Lipinski definition) is 8. The van der Waals surface area contributed by atoms with Crippen LogP contribution in [0.1, 0.15) is 52.4 Å². The number of fused-ring (bicyclic) bond motifs is 1. The number of nitrogens with one attached hydrogen (secondary N) is 1. The first-order valence-electron chi connectivity index (χ1n) is 13.1. The number of aromatic nitrogens is 4. The van der Waals surface area contributed by atoms with Crippen LogP contribution >= 0.6 is 11.3 Å². The van der Waals surface area contributed by atoms with Crippen molar-refractivity contribution in [3.8, 4) is 11.3 Å². The fourth-order valence-electron chi connectivity index (χ4n) is 5.34. The Morgan fingerprint density at radius 1 is 1.18 bits per heavy atom. The van der Waals surface area contributed by atoms with Gasteiger partial charge in [0.2, 0.25) is 5.91 Å². The highest BCUT2D eigenvalue weighted by Crippen LogP contribution is 2.36. The van der Waals surface area contributed by atoms with Crippen LogP contribution in [0, 0.1) is 19.3 Å². The number of carbonyl (C=O) groups is 2. The molecule has 0 aliphatic carbocycles. The van der Waals surface area contributed by atoms with Crippen molar-refractivity contribution in [2.75, 3.05) is 37.4 Å².